The van der Waals surface area contributed by atoms with E-state index < -0.39 is 9.05 Å². The summed E-state index contributed by atoms with van der Waals surface area (Å²) in [5.74, 6) is 0.621. The smallest absolute Gasteiger partial charge is 0.261 e. The van der Waals surface area contributed by atoms with Crippen LogP contribution in [0.3, 0.4) is 0 Å². The molecule has 0 aliphatic rings. The second-order valence-corrected chi connectivity index (χ2v) is 7.68. The summed E-state index contributed by atoms with van der Waals surface area (Å²) >= 11 is 0. The van der Waals surface area contributed by atoms with Crippen LogP contribution in [0.25, 0.3) is 0 Å². The van der Waals surface area contributed by atoms with Gasteiger partial charge in [-0.3, -0.25) is 0 Å². The van der Waals surface area contributed by atoms with Gasteiger partial charge >= 0.3 is 0 Å². The molecule has 0 heterocycles. The molecule has 21 heavy (non-hydrogen) atoms. The zero-order valence-electron chi connectivity index (χ0n) is 12.2. The lowest BCUT2D eigenvalue weighted by molar-refractivity contribution is 0.305. The van der Waals surface area contributed by atoms with Gasteiger partial charge in [-0.05, 0) is 50.1 Å². The fraction of sp³-hybridized carbons (Fsp3) is 0.250. The lowest BCUT2D eigenvalue weighted by atomic mass is 10.1. The van der Waals surface area contributed by atoms with E-state index in [9.17, 15) is 8.42 Å². The van der Waals surface area contributed by atoms with Crippen molar-refractivity contribution in [1.29, 1.82) is 0 Å². The lowest BCUT2D eigenvalue weighted by Crippen LogP contribution is -1.99. The maximum atomic E-state index is 11.3. The van der Waals surface area contributed by atoms with Crippen LogP contribution in [0.15, 0.2) is 41.3 Å². The molecule has 0 unspecified atom stereocenters. The third-order valence-corrected chi connectivity index (χ3v) is 4.58. The Balaban J connectivity index is 2.16. The Kier molecular flexibility index (Phi) is 4.59. The van der Waals surface area contributed by atoms with Gasteiger partial charge in [0.05, 0.1) is 4.90 Å². The average molecular weight is 325 g/mol. The Hall–Kier alpha value is -1.52. The van der Waals surface area contributed by atoms with Crippen LogP contribution in [0.1, 0.15) is 22.3 Å². The minimum absolute atomic E-state index is 0.114. The zero-order valence-corrected chi connectivity index (χ0v) is 13.8. The molecule has 0 N–H and O–H groups in total. The van der Waals surface area contributed by atoms with E-state index in [4.69, 9.17) is 15.4 Å². The van der Waals surface area contributed by atoms with E-state index in [-0.39, 0.29) is 4.90 Å². The molecule has 0 amide bonds. The van der Waals surface area contributed by atoms with Crippen molar-refractivity contribution in [2.24, 2.45) is 0 Å². The molecule has 2 rings (SSSR count). The Morgan fingerprint density at radius 3 is 2.14 bits per heavy atom. The second kappa shape index (κ2) is 6.08. The van der Waals surface area contributed by atoms with E-state index in [0.717, 1.165) is 5.56 Å². The summed E-state index contributed by atoms with van der Waals surface area (Å²) in [4.78, 5) is 0.114. The van der Waals surface area contributed by atoms with Gasteiger partial charge in [0.15, 0.2) is 0 Å². The summed E-state index contributed by atoms with van der Waals surface area (Å²) in [6.45, 7) is 6.22. The number of hydrogen-bond donors (Lipinski definition) is 0. The molecule has 112 valence electrons. The first kappa shape index (κ1) is 15.9. The fourth-order valence-corrected chi connectivity index (χ4v) is 3.50. The molecule has 5 heteroatoms. The average Bonchev–Trinajstić information content (AvgIpc) is 2.33. The van der Waals surface area contributed by atoms with Crippen molar-refractivity contribution in [2.75, 3.05) is 0 Å². The van der Waals surface area contributed by atoms with Crippen LogP contribution in [-0.2, 0) is 15.7 Å². The highest BCUT2D eigenvalue weighted by Gasteiger charge is 2.13. The standard InChI is InChI=1S/C16H17ClO3S/c1-11-6-12(2)8-14(7-11)10-20-15-4-5-16(13(3)9-15)21(17,18)19/h4-9H,10H2,1-3H3. The minimum atomic E-state index is -3.71. The first-order chi connectivity index (χ1) is 9.75. The number of hydrogen-bond acceptors (Lipinski definition) is 3. The van der Waals surface area contributed by atoms with Crippen LogP contribution in [-0.4, -0.2) is 8.42 Å². The van der Waals surface area contributed by atoms with Gasteiger partial charge in [-0.2, -0.15) is 0 Å². The van der Waals surface area contributed by atoms with Crippen LogP contribution >= 0.6 is 10.7 Å². The summed E-state index contributed by atoms with van der Waals surface area (Å²) in [6, 6.07) is 11.0. The first-order valence-corrected chi connectivity index (χ1v) is 8.82. The van der Waals surface area contributed by atoms with Gasteiger partial charge in [-0.15, -0.1) is 0 Å². The van der Waals surface area contributed by atoms with E-state index in [2.05, 4.69) is 18.2 Å². The Bertz CT molecular complexity index is 747. The van der Waals surface area contributed by atoms with E-state index >= 15 is 0 Å². The molecule has 0 atom stereocenters. The van der Waals surface area contributed by atoms with Crippen LogP contribution in [0, 0.1) is 20.8 Å². The third kappa shape index (κ3) is 4.22. The number of rotatable bonds is 4. The molecular formula is C16H17ClO3S. The zero-order chi connectivity index (χ0) is 15.6. The first-order valence-electron chi connectivity index (χ1n) is 6.51. The normalized spacial score (nSPS) is 11.4. The van der Waals surface area contributed by atoms with E-state index in [1.165, 1.54) is 17.2 Å². The van der Waals surface area contributed by atoms with Crippen molar-refractivity contribution >= 4 is 19.7 Å². The topological polar surface area (TPSA) is 43.4 Å². The lowest BCUT2D eigenvalue weighted by Gasteiger charge is -2.10. The molecule has 0 radical (unpaired) electrons. The quantitative estimate of drug-likeness (QED) is 0.795. The summed E-state index contributed by atoms with van der Waals surface area (Å²) in [5, 5.41) is 0. The Morgan fingerprint density at radius 1 is 1.00 bits per heavy atom. The molecule has 0 fully saturated rings. The molecule has 0 aliphatic carbocycles. The Morgan fingerprint density at radius 2 is 1.62 bits per heavy atom. The van der Waals surface area contributed by atoms with Crippen LogP contribution in [0.5, 0.6) is 5.75 Å². The van der Waals surface area contributed by atoms with Crippen LogP contribution in [0.2, 0.25) is 0 Å². The van der Waals surface area contributed by atoms with Crippen LogP contribution in [0.4, 0.5) is 0 Å². The number of ether oxygens (including phenoxy) is 1. The van der Waals surface area contributed by atoms with Gasteiger partial charge in [0, 0.05) is 10.7 Å². The maximum Gasteiger partial charge on any atom is 0.261 e. The molecule has 2 aromatic rings. The number of benzene rings is 2. The molecule has 0 bridgehead atoms. The van der Waals surface area contributed by atoms with E-state index in [1.807, 2.05) is 13.8 Å². The highest BCUT2D eigenvalue weighted by atomic mass is 35.7. The highest BCUT2D eigenvalue weighted by molar-refractivity contribution is 8.13. The predicted molar refractivity (Wildman–Crippen MR) is 84.5 cm³/mol. The van der Waals surface area contributed by atoms with E-state index in [0.29, 0.717) is 17.9 Å². The fourth-order valence-electron chi connectivity index (χ4n) is 2.30. The highest BCUT2D eigenvalue weighted by Crippen LogP contribution is 2.24. The van der Waals surface area contributed by atoms with Crippen LogP contribution < -0.4 is 4.74 Å². The molecule has 2 aromatic carbocycles. The number of aryl methyl sites for hydroxylation is 3. The van der Waals surface area contributed by atoms with Crippen molar-refractivity contribution in [3.63, 3.8) is 0 Å². The van der Waals surface area contributed by atoms with Crippen molar-refractivity contribution < 1.29 is 13.2 Å². The van der Waals surface area contributed by atoms with E-state index in [1.54, 1.807) is 19.1 Å². The second-order valence-electron chi connectivity index (χ2n) is 5.15. The van der Waals surface area contributed by atoms with Gasteiger partial charge in [0.2, 0.25) is 0 Å². The van der Waals surface area contributed by atoms with Crippen molar-refractivity contribution in [3.8, 4) is 5.75 Å². The van der Waals surface area contributed by atoms with Crippen molar-refractivity contribution in [2.45, 2.75) is 32.3 Å². The minimum Gasteiger partial charge on any atom is -0.489 e. The molecular weight excluding hydrogens is 308 g/mol. The van der Waals surface area contributed by atoms with Gasteiger partial charge in [-0.1, -0.05) is 29.3 Å². The molecule has 0 spiro atoms. The molecule has 3 nitrogen and oxygen atoms in total. The van der Waals surface area contributed by atoms with Crippen molar-refractivity contribution in [3.05, 3.63) is 58.7 Å². The molecule has 0 aromatic heterocycles. The summed E-state index contributed by atoms with van der Waals surface area (Å²) in [5.41, 5.74) is 4.03. The van der Waals surface area contributed by atoms with Gasteiger partial charge in [0.25, 0.3) is 9.05 Å². The SMILES string of the molecule is Cc1cc(C)cc(COc2ccc(S(=O)(=O)Cl)c(C)c2)c1. The predicted octanol–water partition coefficient (Wildman–Crippen LogP) is 4.12. The van der Waals surface area contributed by atoms with Crippen molar-refractivity contribution in [1.82, 2.24) is 0 Å². The maximum absolute atomic E-state index is 11.3. The summed E-state index contributed by atoms with van der Waals surface area (Å²) in [6.07, 6.45) is 0. The van der Waals surface area contributed by atoms with Gasteiger partial charge < -0.3 is 4.74 Å². The van der Waals surface area contributed by atoms with Gasteiger partial charge in [0.1, 0.15) is 12.4 Å². The monoisotopic (exact) mass is 324 g/mol. The van der Waals surface area contributed by atoms with Gasteiger partial charge in [-0.25, -0.2) is 8.42 Å². The number of halogens is 1. The Labute approximate surface area is 129 Å². The molecule has 0 saturated heterocycles. The largest absolute Gasteiger partial charge is 0.489 e. The molecule has 0 aliphatic heterocycles. The summed E-state index contributed by atoms with van der Waals surface area (Å²) < 4.78 is 28.4. The third-order valence-electron chi connectivity index (χ3n) is 3.10. The molecule has 0 saturated carbocycles. The summed E-state index contributed by atoms with van der Waals surface area (Å²) in [7, 11) is 1.64.